The molecule has 0 radical (unpaired) electrons. The van der Waals surface area contributed by atoms with Crippen LogP contribution in [0.15, 0.2) is 24.3 Å². The van der Waals surface area contributed by atoms with Crippen LogP contribution in [0.5, 0.6) is 5.75 Å². The highest BCUT2D eigenvalue weighted by atomic mass is 16.3. The predicted octanol–water partition coefficient (Wildman–Crippen LogP) is 2.79. The quantitative estimate of drug-likeness (QED) is 0.881. The maximum absolute atomic E-state index is 9.39. The van der Waals surface area contributed by atoms with Gasteiger partial charge in [-0.2, -0.15) is 10.4 Å². The number of nitrogens with one attached hydrogen (secondary N) is 1. The normalized spacial score (nSPS) is 10.1. The first-order valence-corrected chi connectivity index (χ1v) is 6.99. The molecule has 1 aromatic carbocycles. The van der Waals surface area contributed by atoms with Crippen LogP contribution < -0.4 is 5.32 Å². The van der Waals surface area contributed by atoms with Crippen molar-refractivity contribution in [3.05, 3.63) is 46.6 Å². The molecule has 5 nitrogen and oxygen atoms in total. The number of hydrogen-bond acceptors (Lipinski definition) is 5. The summed E-state index contributed by atoms with van der Waals surface area (Å²) in [5.41, 5.74) is 3.41. The van der Waals surface area contributed by atoms with Gasteiger partial charge in [0, 0.05) is 6.54 Å². The van der Waals surface area contributed by atoms with Crippen LogP contribution in [-0.4, -0.2) is 15.3 Å². The topological polar surface area (TPSA) is 81.8 Å². The number of aromatic nitrogens is 2. The van der Waals surface area contributed by atoms with Crippen molar-refractivity contribution in [1.29, 1.82) is 5.26 Å². The molecule has 2 N–H and O–H groups in total. The van der Waals surface area contributed by atoms with Crippen molar-refractivity contribution in [2.24, 2.45) is 0 Å². The summed E-state index contributed by atoms with van der Waals surface area (Å²) in [4.78, 5) is 0. The first-order chi connectivity index (χ1) is 10.2. The lowest BCUT2D eigenvalue weighted by atomic mass is 10.0. The molecule has 21 heavy (non-hydrogen) atoms. The number of hydrogen-bond donors (Lipinski definition) is 2. The van der Waals surface area contributed by atoms with E-state index in [1.807, 2.05) is 26.0 Å². The van der Waals surface area contributed by atoms with Gasteiger partial charge in [-0.25, -0.2) is 0 Å². The van der Waals surface area contributed by atoms with Gasteiger partial charge < -0.3 is 10.4 Å². The lowest BCUT2D eigenvalue weighted by Gasteiger charge is -2.12. The molecule has 1 heterocycles. The first kappa shape index (κ1) is 14.8. The molecule has 0 aliphatic rings. The summed E-state index contributed by atoms with van der Waals surface area (Å²) in [5, 5.41) is 30.1. The molecule has 1 aromatic heterocycles. The largest absolute Gasteiger partial charge is 0.508 e. The van der Waals surface area contributed by atoms with Crippen molar-refractivity contribution >= 4 is 5.82 Å². The number of phenolic OH excluding ortho intramolecular Hbond substituents is 1. The Morgan fingerprint density at radius 3 is 2.43 bits per heavy atom. The molecule has 2 rings (SSSR count). The van der Waals surface area contributed by atoms with Crippen molar-refractivity contribution in [2.45, 2.75) is 33.2 Å². The van der Waals surface area contributed by atoms with Crippen molar-refractivity contribution in [1.82, 2.24) is 10.2 Å². The van der Waals surface area contributed by atoms with Crippen LogP contribution >= 0.6 is 0 Å². The zero-order valence-electron chi connectivity index (χ0n) is 12.2. The van der Waals surface area contributed by atoms with Crippen LogP contribution in [0.4, 0.5) is 5.82 Å². The molecule has 0 fully saturated rings. The Labute approximate surface area is 124 Å². The van der Waals surface area contributed by atoms with Crippen LogP contribution in [0, 0.1) is 11.3 Å². The number of rotatable bonds is 5. The zero-order valence-corrected chi connectivity index (χ0v) is 12.2. The monoisotopic (exact) mass is 282 g/mol. The summed E-state index contributed by atoms with van der Waals surface area (Å²) < 4.78 is 0. The molecule has 5 heteroatoms. The molecule has 0 saturated carbocycles. The number of anilines is 1. The van der Waals surface area contributed by atoms with E-state index in [1.165, 1.54) is 0 Å². The fourth-order valence-electron chi connectivity index (χ4n) is 2.22. The van der Waals surface area contributed by atoms with E-state index in [0.717, 1.165) is 29.7 Å². The van der Waals surface area contributed by atoms with Crippen molar-refractivity contribution in [2.75, 3.05) is 5.32 Å². The minimum absolute atomic E-state index is 0.233. The molecular weight excluding hydrogens is 264 g/mol. The third-order valence-electron chi connectivity index (χ3n) is 3.35. The van der Waals surface area contributed by atoms with E-state index in [0.29, 0.717) is 17.9 Å². The third-order valence-corrected chi connectivity index (χ3v) is 3.35. The third kappa shape index (κ3) is 3.29. The standard InChI is InChI=1S/C16H18N4O/c1-3-13-14(9-17)16(20-19-15(13)4-2)18-10-11-5-7-12(21)8-6-11/h5-8,21H,3-4,10H2,1-2H3,(H,18,20). The van der Waals surface area contributed by atoms with E-state index in [4.69, 9.17) is 0 Å². The molecule has 0 unspecified atom stereocenters. The van der Waals surface area contributed by atoms with Crippen LogP contribution in [-0.2, 0) is 19.4 Å². The SMILES string of the molecule is CCc1nnc(NCc2ccc(O)cc2)c(C#N)c1CC. The van der Waals surface area contributed by atoms with Gasteiger partial charge in [-0.05, 0) is 36.1 Å². The number of benzene rings is 1. The average Bonchev–Trinajstić information content (AvgIpc) is 2.53. The van der Waals surface area contributed by atoms with E-state index in [-0.39, 0.29) is 5.75 Å². The van der Waals surface area contributed by atoms with Crippen LogP contribution in [0.25, 0.3) is 0 Å². The number of aromatic hydroxyl groups is 1. The maximum Gasteiger partial charge on any atom is 0.167 e. The predicted molar refractivity (Wildman–Crippen MR) is 80.9 cm³/mol. The van der Waals surface area contributed by atoms with Gasteiger partial charge in [0.1, 0.15) is 17.4 Å². The van der Waals surface area contributed by atoms with Gasteiger partial charge in [-0.15, -0.1) is 5.10 Å². The van der Waals surface area contributed by atoms with Gasteiger partial charge >= 0.3 is 0 Å². The fourth-order valence-corrected chi connectivity index (χ4v) is 2.22. The fraction of sp³-hybridized carbons (Fsp3) is 0.312. The summed E-state index contributed by atoms with van der Waals surface area (Å²) in [7, 11) is 0. The highest BCUT2D eigenvalue weighted by molar-refractivity contribution is 5.56. The van der Waals surface area contributed by atoms with E-state index >= 15 is 0 Å². The smallest absolute Gasteiger partial charge is 0.167 e. The van der Waals surface area contributed by atoms with E-state index in [1.54, 1.807) is 12.1 Å². The van der Waals surface area contributed by atoms with Crippen molar-refractivity contribution in [3.63, 3.8) is 0 Å². The summed E-state index contributed by atoms with van der Waals surface area (Å²) in [6, 6.07) is 9.14. The molecule has 108 valence electrons. The highest BCUT2D eigenvalue weighted by Gasteiger charge is 2.13. The van der Waals surface area contributed by atoms with E-state index in [2.05, 4.69) is 21.6 Å². The number of nitriles is 1. The van der Waals surface area contributed by atoms with Gasteiger partial charge in [0.05, 0.1) is 5.69 Å². The Morgan fingerprint density at radius 1 is 1.14 bits per heavy atom. The molecule has 0 amide bonds. The summed E-state index contributed by atoms with van der Waals surface area (Å²) in [6.07, 6.45) is 1.53. The van der Waals surface area contributed by atoms with Crippen LogP contribution in [0.1, 0.15) is 36.2 Å². The lowest BCUT2D eigenvalue weighted by molar-refractivity contribution is 0.475. The van der Waals surface area contributed by atoms with Gasteiger partial charge in [-0.3, -0.25) is 0 Å². The molecule has 0 aliphatic carbocycles. The van der Waals surface area contributed by atoms with Gasteiger partial charge in [0.2, 0.25) is 0 Å². The van der Waals surface area contributed by atoms with Gasteiger partial charge in [0.25, 0.3) is 0 Å². The Balaban J connectivity index is 2.24. The molecule has 0 aliphatic heterocycles. The Morgan fingerprint density at radius 2 is 1.86 bits per heavy atom. The van der Waals surface area contributed by atoms with Crippen LogP contribution in [0.2, 0.25) is 0 Å². The summed E-state index contributed by atoms with van der Waals surface area (Å²) in [6.45, 7) is 4.55. The van der Waals surface area contributed by atoms with E-state index in [9.17, 15) is 10.4 Å². The summed E-state index contributed by atoms with van der Waals surface area (Å²) >= 11 is 0. The first-order valence-electron chi connectivity index (χ1n) is 6.99. The minimum atomic E-state index is 0.233. The van der Waals surface area contributed by atoms with E-state index < -0.39 is 0 Å². The second kappa shape index (κ2) is 6.71. The Kier molecular flexibility index (Phi) is 4.72. The highest BCUT2D eigenvalue weighted by Crippen LogP contribution is 2.20. The molecular formula is C16H18N4O. The van der Waals surface area contributed by atoms with Crippen LogP contribution in [0.3, 0.4) is 0 Å². The molecule has 0 spiro atoms. The number of aryl methyl sites for hydroxylation is 1. The minimum Gasteiger partial charge on any atom is -0.508 e. The summed E-state index contributed by atoms with van der Waals surface area (Å²) in [5.74, 6) is 0.747. The lowest BCUT2D eigenvalue weighted by Crippen LogP contribution is -2.09. The van der Waals surface area contributed by atoms with Gasteiger partial charge in [0.15, 0.2) is 5.82 Å². The molecule has 0 bridgehead atoms. The Hall–Kier alpha value is -2.61. The molecule has 0 atom stereocenters. The number of nitrogens with zero attached hydrogens (tertiary/aromatic N) is 3. The Bertz CT molecular complexity index is 659. The second-order valence-electron chi connectivity index (χ2n) is 4.69. The maximum atomic E-state index is 9.39. The average molecular weight is 282 g/mol. The van der Waals surface area contributed by atoms with Gasteiger partial charge in [-0.1, -0.05) is 26.0 Å². The number of phenols is 1. The molecule has 2 aromatic rings. The van der Waals surface area contributed by atoms with Crippen molar-refractivity contribution < 1.29 is 5.11 Å². The second-order valence-corrected chi connectivity index (χ2v) is 4.69. The zero-order chi connectivity index (χ0) is 15.2. The molecule has 0 saturated heterocycles. The van der Waals surface area contributed by atoms with Crippen molar-refractivity contribution in [3.8, 4) is 11.8 Å².